The number of rotatable bonds is 7. The number of thiol groups is 1. The lowest BCUT2D eigenvalue weighted by Crippen LogP contribution is -2.34. The molecule has 0 aliphatic rings. The molecule has 0 saturated heterocycles. The molecule has 1 rings (SSSR count). The monoisotopic (exact) mass is 357 g/mol. The Kier molecular flexibility index (Phi) is 7.21. The summed E-state index contributed by atoms with van der Waals surface area (Å²) in [7, 11) is -1.66. The maximum atomic E-state index is 11.8. The Labute approximate surface area is 143 Å². The minimum Gasteiger partial charge on any atom is -0.469 e. The highest BCUT2D eigenvalue weighted by Gasteiger charge is 2.20. The molecule has 0 spiro atoms. The first-order valence-electron chi connectivity index (χ1n) is 7.42. The smallest absolute Gasteiger partial charge is 0.327 e. The molecule has 0 N–H and O–H groups in total. The molecule has 0 atom stereocenters. The molecule has 0 heterocycles. The molecule has 24 heavy (non-hydrogen) atoms. The summed E-state index contributed by atoms with van der Waals surface area (Å²) in [6.45, 7) is 4.74. The summed E-state index contributed by atoms with van der Waals surface area (Å²) >= 11 is 0. The highest BCUT2D eigenvalue weighted by molar-refractivity contribution is 7.74. The Morgan fingerprint density at radius 3 is 2.12 bits per heavy atom. The predicted octanol–water partition coefficient (Wildman–Crippen LogP) is 1.47. The molecule has 0 unspecified atom stereocenters. The molecule has 0 fully saturated rings. The number of aryl methyl sites for hydroxylation is 1. The van der Waals surface area contributed by atoms with Gasteiger partial charge in [-0.1, -0.05) is 12.1 Å². The molecule has 0 aromatic heterocycles. The number of hydrogen-bond acceptors (Lipinski definition) is 6. The molecule has 0 aliphatic heterocycles. The third kappa shape index (κ3) is 6.99. The Balaban J connectivity index is 2.79. The lowest BCUT2D eigenvalue weighted by Gasteiger charge is -2.22. The van der Waals surface area contributed by atoms with E-state index in [1.54, 1.807) is 45.0 Å². The van der Waals surface area contributed by atoms with Crippen LogP contribution in [0.1, 0.15) is 32.8 Å². The lowest BCUT2D eigenvalue weighted by atomic mass is 10.1. The molecule has 8 heteroatoms. The van der Waals surface area contributed by atoms with Crippen molar-refractivity contribution in [3.8, 4) is 0 Å². The number of ether oxygens (including phenoxy) is 2. The van der Waals surface area contributed by atoms with Crippen molar-refractivity contribution < 1.29 is 27.5 Å². The van der Waals surface area contributed by atoms with Crippen LogP contribution in [0.4, 0.5) is 5.69 Å². The predicted molar refractivity (Wildman–Crippen MR) is 90.3 cm³/mol. The average Bonchev–Trinajstić information content (AvgIpc) is 2.49. The molecule has 1 aromatic rings. The fourth-order valence-electron chi connectivity index (χ4n) is 1.92. The first-order chi connectivity index (χ1) is 11.1. The van der Waals surface area contributed by atoms with Gasteiger partial charge in [-0.2, -0.15) is 0 Å². The van der Waals surface area contributed by atoms with E-state index < -0.39 is 29.0 Å². The van der Waals surface area contributed by atoms with Crippen molar-refractivity contribution >= 4 is 28.5 Å². The summed E-state index contributed by atoms with van der Waals surface area (Å²) in [5, 5.41) is 0. The Hall–Kier alpha value is -2.09. The van der Waals surface area contributed by atoms with E-state index in [9.17, 15) is 18.0 Å². The van der Waals surface area contributed by atoms with Gasteiger partial charge in [-0.25, -0.2) is 8.42 Å². The zero-order chi connectivity index (χ0) is 18.3. The summed E-state index contributed by atoms with van der Waals surface area (Å²) in [5.74, 6) is -0.940. The largest absolute Gasteiger partial charge is 0.469 e. The second-order valence-electron chi connectivity index (χ2n) is 6.12. The van der Waals surface area contributed by atoms with Crippen molar-refractivity contribution in [3.05, 3.63) is 29.8 Å². The van der Waals surface area contributed by atoms with Crippen molar-refractivity contribution in [3.63, 3.8) is 0 Å². The van der Waals surface area contributed by atoms with Gasteiger partial charge in [0.15, 0.2) is 0 Å². The maximum Gasteiger partial charge on any atom is 0.327 e. The first kappa shape index (κ1) is 20.0. The highest BCUT2D eigenvalue weighted by Crippen LogP contribution is 2.17. The number of anilines is 1. The van der Waals surface area contributed by atoms with Gasteiger partial charge in [-0.3, -0.25) is 13.9 Å². The maximum absolute atomic E-state index is 11.8. The fourth-order valence-corrected chi connectivity index (χ4v) is 2.48. The molecule has 7 nitrogen and oxygen atoms in total. The number of carbonyl (C=O) groups excluding carboxylic acids is 2. The molecular formula is C16H23NO6S. The molecular weight excluding hydrogens is 334 g/mol. The van der Waals surface area contributed by atoms with E-state index in [4.69, 9.17) is 4.74 Å². The van der Waals surface area contributed by atoms with E-state index in [0.717, 1.165) is 9.87 Å². The van der Waals surface area contributed by atoms with Crippen molar-refractivity contribution in [2.24, 2.45) is 0 Å². The van der Waals surface area contributed by atoms with Crippen molar-refractivity contribution in [1.82, 2.24) is 0 Å². The summed E-state index contributed by atoms with van der Waals surface area (Å²) in [6, 6.07) is 6.59. The topological polar surface area (TPSA) is 90.0 Å². The number of hydrogen-bond donors (Lipinski definition) is 1. The second-order valence-corrected chi connectivity index (χ2v) is 7.08. The van der Waals surface area contributed by atoms with E-state index in [-0.39, 0.29) is 12.4 Å². The number of carbonyl (C=O) groups is 2. The zero-order valence-electron chi connectivity index (χ0n) is 14.3. The van der Waals surface area contributed by atoms with Gasteiger partial charge in [-0.05, 0) is 44.9 Å². The number of esters is 2. The Morgan fingerprint density at radius 2 is 1.67 bits per heavy atom. The normalized spacial score (nSPS) is 11.2. The van der Waals surface area contributed by atoms with Gasteiger partial charge in [0, 0.05) is 6.42 Å². The van der Waals surface area contributed by atoms with Gasteiger partial charge in [0.2, 0.25) is 10.9 Å². The van der Waals surface area contributed by atoms with Gasteiger partial charge in [0.1, 0.15) is 12.1 Å². The van der Waals surface area contributed by atoms with Crippen LogP contribution in [0.5, 0.6) is 0 Å². The third-order valence-corrected chi connectivity index (χ3v) is 3.74. The van der Waals surface area contributed by atoms with E-state index >= 15 is 0 Å². The molecule has 134 valence electrons. The minimum atomic E-state index is -2.99. The van der Waals surface area contributed by atoms with Gasteiger partial charge in [0.05, 0.1) is 12.8 Å². The SMILES string of the molecule is COC(=O)CCc1ccc(N(CC(=O)OC(C)(C)C)[SH](=O)=O)cc1. The molecule has 1 aromatic carbocycles. The van der Waals surface area contributed by atoms with E-state index in [1.165, 1.54) is 7.11 Å². The summed E-state index contributed by atoms with van der Waals surface area (Å²) < 4.78 is 33.5. The highest BCUT2D eigenvalue weighted by atomic mass is 32.2. The standard InChI is InChI=1S/C16H23NO6S/c1-16(2,3)23-15(19)11-17(24(20)21)13-8-5-12(6-9-13)7-10-14(18)22-4/h5-6,8-9,24H,7,10-11H2,1-4H3. The Morgan fingerprint density at radius 1 is 1.08 bits per heavy atom. The van der Waals surface area contributed by atoms with Crippen LogP contribution < -0.4 is 4.31 Å². The minimum absolute atomic E-state index is 0.243. The number of nitrogens with zero attached hydrogens (tertiary/aromatic N) is 1. The molecule has 0 radical (unpaired) electrons. The van der Waals surface area contributed by atoms with Gasteiger partial charge >= 0.3 is 11.9 Å². The fraction of sp³-hybridized carbons (Fsp3) is 0.500. The Bertz CT molecular complexity index is 638. The van der Waals surface area contributed by atoms with Crippen LogP contribution in [0.3, 0.4) is 0 Å². The number of benzene rings is 1. The van der Waals surface area contributed by atoms with Crippen LogP contribution in [-0.4, -0.2) is 39.6 Å². The van der Waals surface area contributed by atoms with Gasteiger partial charge in [-0.15, -0.1) is 0 Å². The number of methoxy groups -OCH3 is 1. The van der Waals surface area contributed by atoms with Crippen molar-refractivity contribution in [1.29, 1.82) is 0 Å². The van der Waals surface area contributed by atoms with E-state index in [2.05, 4.69) is 4.74 Å². The first-order valence-corrected chi connectivity index (χ1v) is 8.55. The van der Waals surface area contributed by atoms with Crippen LogP contribution in [0.25, 0.3) is 0 Å². The molecule has 0 saturated carbocycles. The zero-order valence-corrected chi connectivity index (χ0v) is 15.2. The third-order valence-electron chi connectivity index (χ3n) is 2.98. The van der Waals surface area contributed by atoms with Gasteiger partial charge < -0.3 is 9.47 Å². The summed E-state index contributed by atoms with van der Waals surface area (Å²) in [6.07, 6.45) is 0.732. The van der Waals surface area contributed by atoms with Crippen molar-refractivity contribution in [2.75, 3.05) is 18.0 Å². The summed E-state index contributed by atoms with van der Waals surface area (Å²) in [4.78, 5) is 23.0. The van der Waals surface area contributed by atoms with E-state index in [1.807, 2.05) is 0 Å². The average molecular weight is 357 g/mol. The lowest BCUT2D eigenvalue weighted by molar-refractivity contribution is -0.152. The molecule has 0 bridgehead atoms. The van der Waals surface area contributed by atoms with Crippen LogP contribution in [0, 0.1) is 0 Å². The molecule has 0 aliphatic carbocycles. The summed E-state index contributed by atoms with van der Waals surface area (Å²) in [5.41, 5.74) is 0.538. The van der Waals surface area contributed by atoms with Crippen LogP contribution in [-0.2, 0) is 36.4 Å². The second kappa shape index (κ2) is 8.68. The van der Waals surface area contributed by atoms with E-state index in [0.29, 0.717) is 12.1 Å². The van der Waals surface area contributed by atoms with Crippen LogP contribution >= 0.6 is 0 Å². The van der Waals surface area contributed by atoms with Crippen LogP contribution in [0.15, 0.2) is 24.3 Å². The van der Waals surface area contributed by atoms with Crippen molar-refractivity contribution in [2.45, 2.75) is 39.2 Å². The van der Waals surface area contributed by atoms with Crippen LogP contribution in [0.2, 0.25) is 0 Å². The van der Waals surface area contributed by atoms with Gasteiger partial charge in [0.25, 0.3) is 0 Å². The quantitative estimate of drug-likeness (QED) is 0.587. The molecule has 0 amide bonds.